The molecule has 0 radical (unpaired) electrons. The quantitative estimate of drug-likeness (QED) is 0.484. The molecule has 5 rings (SSSR count). The van der Waals surface area contributed by atoms with Gasteiger partial charge in [0.25, 0.3) is 0 Å². The number of rotatable bonds is 8. The lowest BCUT2D eigenvalue weighted by atomic mass is 9.96. The van der Waals surface area contributed by atoms with Crippen molar-refractivity contribution in [3.05, 3.63) is 83.4 Å². The molecular formula is C29H32N2O3. The van der Waals surface area contributed by atoms with Crippen LogP contribution in [0.1, 0.15) is 36.0 Å². The summed E-state index contributed by atoms with van der Waals surface area (Å²) in [5, 5.41) is 9.24. The third kappa shape index (κ3) is 5.10. The number of carboxylic acid groups (broad SMARTS) is 1. The van der Waals surface area contributed by atoms with Gasteiger partial charge in [0.2, 0.25) is 0 Å². The Labute approximate surface area is 201 Å². The fourth-order valence-electron chi connectivity index (χ4n) is 5.52. The van der Waals surface area contributed by atoms with Crippen LogP contribution in [0.15, 0.2) is 66.7 Å². The molecule has 5 heteroatoms. The summed E-state index contributed by atoms with van der Waals surface area (Å²) >= 11 is 0. The molecule has 2 atom stereocenters. The van der Waals surface area contributed by atoms with E-state index in [1.54, 1.807) is 0 Å². The Morgan fingerprint density at radius 3 is 2.47 bits per heavy atom. The van der Waals surface area contributed by atoms with Crippen LogP contribution in [0.3, 0.4) is 0 Å². The number of piperidine rings is 1. The molecule has 2 bridgehead atoms. The average molecular weight is 457 g/mol. The minimum absolute atomic E-state index is 0.0517. The summed E-state index contributed by atoms with van der Waals surface area (Å²) in [6, 6.07) is 22.5. The van der Waals surface area contributed by atoms with Gasteiger partial charge in [-0.05, 0) is 83.7 Å². The Morgan fingerprint density at radius 1 is 0.941 bits per heavy atom. The van der Waals surface area contributed by atoms with Gasteiger partial charge >= 0.3 is 5.97 Å². The second-order valence-corrected chi connectivity index (χ2v) is 9.71. The van der Waals surface area contributed by atoms with E-state index in [2.05, 4.69) is 47.4 Å². The molecule has 2 aliphatic rings. The van der Waals surface area contributed by atoms with E-state index in [9.17, 15) is 9.90 Å². The van der Waals surface area contributed by atoms with Crippen LogP contribution < -0.4 is 15.4 Å². The van der Waals surface area contributed by atoms with Crippen LogP contribution in [-0.4, -0.2) is 24.2 Å². The van der Waals surface area contributed by atoms with Crippen LogP contribution in [0, 0.1) is 11.8 Å². The number of hydrogen-bond acceptors (Lipinski definition) is 4. The van der Waals surface area contributed by atoms with E-state index in [1.807, 2.05) is 24.3 Å². The summed E-state index contributed by atoms with van der Waals surface area (Å²) in [4.78, 5) is 13.8. The van der Waals surface area contributed by atoms with Gasteiger partial charge in [-0.15, -0.1) is 0 Å². The van der Waals surface area contributed by atoms with Crippen molar-refractivity contribution in [1.82, 2.24) is 0 Å². The molecule has 0 aromatic heterocycles. The standard InChI is InChI=1S/C29H32N2O3/c30-16-20-4-3-6-24(11-20)26-12-23(19-34-28-7-2-1-5-25(28)15-29(32)33)13-27(14-26)31-17-21-8-9-22(10-21)18-31/h1-7,11-14,21-22H,8-10,15-19,30H2,(H,32,33). The topological polar surface area (TPSA) is 75.8 Å². The number of aliphatic carboxylic acids is 1. The van der Waals surface area contributed by atoms with Crippen molar-refractivity contribution in [2.45, 2.75) is 38.8 Å². The summed E-state index contributed by atoms with van der Waals surface area (Å²) in [5.74, 6) is 1.36. The van der Waals surface area contributed by atoms with Gasteiger partial charge in [0, 0.05) is 30.9 Å². The maximum absolute atomic E-state index is 11.3. The molecular weight excluding hydrogens is 424 g/mol. The second-order valence-electron chi connectivity index (χ2n) is 9.71. The van der Waals surface area contributed by atoms with E-state index in [0.717, 1.165) is 47.2 Å². The van der Waals surface area contributed by atoms with Crippen molar-refractivity contribution >= 4 is 11.7 Å². The first-order chi connectivity index (χ1) is 16.6. The number of carboxylic acids is 1. The average Bonchev–Trinajstić information content (AvgIpc) is 3.20. The van der Waals surface area contributed by atoms with Crippen molar-refractivity contribution in [2.24, 2.45) is 17.6 Å². The van der Waals surface area contributed by atoms with E-state index < -0.39 is 5.97 Å². The maximum Gasteiger partial charge on any atom is 0.307 e. The van der Waals surface area contributed by atoms with Crippen LogP contribution in [-0.2, 0) is 24.4 Å². The van der Waals surface area contributed by atoms with E-state index in [4.69, 9.17) is 10.5 Å². The summed E-state index contributed by atoms with van der Waals surface area (Å²) in [5.41, 5.74) is 12.3. The lowest BCUT2D eigenvalue weighted by molar-refractivity contribution is -0.136. The van der Waals surface area contributed by atoms with Gasteiger partial charge in [-0.2, -0.15) is 0 Å². The van der Waals surface area contributed by atoms with Crippen LogP contribution in [0.25, 0.3) is 11.1 Å². The first-order valence-electron chi connectivity index (χ1n) is 12.2. The number of nitrogens with two attached hydrogens (primary N) is 1. The van der Waals surface area contributed by atoms with Gasteiger partial charge in [0.1, 0.15) is 12.4 Å². The maximum atomic E-state index is 11.3. The van der Waals surface area contributed by atoms with Crippen LogP contribution in [0.5, 0.6) is 5.75 Å². The molecule has 176 valence electrons. The number of ether oxygens (including phenoxy) is 1. The van der Waals surface area contributed by atoms with Crippen molar-refractivity contribution in [1.29, 1.82) is 0 Å². The molecule has 3 aromatic rings. The fourth-order valence-corrected chi connectivity index (χ4v) is 5.52. The summed E-state index contributed by atoms with van der Waals surface area (Å²) in [6.45, 7) is 3.13. The molecule has 0 amide bonds. The first-order valence-corrected chi connectivity index (χ1v) is 12.2. The van der Waals surface area contributed by atoms with E-state index in [0.29, 0.717) is 24.5 Å². The lowest BCUT2D eigenvalue weighted by Gasteiger charge is -2.34. The minimum atomic E-state index is -0.861. The van der Waals surface area contributed by atoms with Crippen molar-refractivity contribution in [2.75, 3.05) is 18.0 Å². The zero-order chi connectivity index (χ0) is 23.5. The molecule has 34 heavy (non-hydrogen) atoms. The molecule has 1 heterocycles. The Balaban J connectivity index is 1.46. The number of hydrogen-bond donors (Lipinski definition) is 2. The van der Waals surface area contributed by atoms with Crippen LogP contribution in [0.4, 0.5) is 5.69 Å². The Morgan fingerprint density at radius 2 is 1.71 bits per heavy atom. The second kappa shape index (κ2) is 9.90. The Kier molecular flexibility index (Phi) is 6.54. The van der Waals surface area contributed by atoms with Gasteiger partial charge in [-0.25, -0.2) is 0 Å². The molecule has 3 aromatic carbocycles. The zero-order valence-corrected chi connectivity index (χ0v) is 19.5. The number of para-hydroxylation sites is 1. The highest BCUT2D eigenvalue weighted by Crippen LogP contribution is 2.39. The summed E-state index contributed by atoms with van der Waals surface area (Å²) < 4.78 is 6.15. The normalized spacial score (nSPS) is 19.3. The third-order valence-corrected chi connectivity index (χ3v) is 7.15. The number of anilines is 1. The number of benzene rings is 3. The molecule has 1 aliphatic carbocycles. The molecule has 2 unspecified atom stereocenters. The smallest absolute Gasteiger partial charge is 0.307 e. The highest BCUT2D eigenvalue weighted by Gasteiger charge is 2.33. The molecule has 2 fully saturated rings. The SMILES string of the molecule is NCc1cccc(-c2cc(COc3ccccc3CC(=O)O)cc(N3CC4CCC(C4)C3)c2)c1. The van der Waals surface area contributed by atoms with Gasteiger partial charge in [0.05, 0.1) is 6.42 Å². The number of nitrogens with zero attached hydrogens (tertiary/aromatic N) is 1. The minimum Gasteiger partial charge on any atom is -0.489 e. The van der Waals surface area contributed by atoms with Crippen molar-refractivity contribution in [3.8, 4) is 16.9 Å². The van der Waals surface area contributed by atoms with Gasteiger partial charge in [-0.3, -0.25) is 4.79 Å². The highest BCUT2D eigenvalue weighted by atomic mass is 16.5. The van der Waals surface area contributed by atoms with Gasteiger partial charge in [0.15, 0.2) is 0 Å². The lowest BCUT2D eigenvalue weighted by Crippen LogP contribution is -2.36. The molecule has 1 saturated heterocycles. The van der Waals surface area contributed by atoms with Gasteiger partial charge in [-0.1, -0.05) is 36.4 Å². The summed E-state index contributed by atoms with van der Waals surface area (Å²) in [7, 11) is 0. The number of carbonyl (C=O) groups is 1. The summed E-state index contributed by atoms with van der Waals surface area (Å²) in [6.07, 6.45) is 4.00. The predicted molar refractivity (Wildman–Crippen MR) is 135 cm³/mol. The van der Waals surface area contributed by atoms with E-state index in [-0.39, 0.29) is 6.42 Å². The zero-order valence-electron chi connectivity index (χ0n) is 19.5. The van der Waals surface area contributed by atoms with Crippen LogP contribution in [0.2, 0.25) is 0 Å². The fraction of sp³-hybridized carbons (Fsp3) is 0.345. The van der Waals surface area contributed by atoms with Crippen molar-refractivity contribution < 1.29 is 14.6 Å². The molecule has 3 N–H and O–H groups in total. The van der Waals surface area contributed by atoms with E-state index in [1.165, 1.54) is 24.9 Å². The molecule has 1 aliphatic heterocycles. The predicted octanol–water partition coefficient (Wildman–Crippen LogP) is 5.25. The van der Waals surface area contributed by atoms with Crippen LogP contribution >= 0.6 is 0 Å². The molecule has 1 saturated carbocycles. The number of fused-ring (bicyclic) bond motifs is 2. The largest absolute Gasteiger partial charge is 0.489 e. The first kappa shape index (κ1) is 22.5. The third-order valence-electron chi connectivity index (χ3n) is 7.15. The Hall–Kier alpha value is -3.31. The molecule has 0 spiro atoms. The Bertz CT molecular complexity index is 1160. The monoisotopic (exact) mass is 456 g/mol. The highest BCUT2D eigenvalue weighted by molar-refractivity contribution is 5.72. The van der Waals surface area contributed by atoms with Crippen molar-refractivity contribution in [3.63, 3.8) is 0 Å². The van der Waals surface area contributed by atoms with Gasteiger partial charge < -0.3 is 20.5 Å². The van der Waals surface area contributed by atoms with E-state index >= 15 is 0 Å². The molecule has 5 nitrogen and oxygen atoms in total.